The first-order chi connectivity index (χ1) is 9.28. The second-order valence-corrected chi connectivity index (χ2v) is 7.01. The molecule has 0 radical (unpaired) electrons. The quantitative estimate of drug-likeness (QED) is 0.817. The smallest absolute Gasteiger partial charge is 0.0194 e. The molecule has 2 rings (SSSR count). The van der Waals surface area contributed by atoms with E-state index in [4.69, 9.17) is 0 Å². The molecule has 19 heavy (non-hydrogen) atoms. The van der Waals surface area contributed by atoms with Gasteiger partial charge in [0, 0.05) is 12.6 Å². The summed E-state index contributed by atoms with van der Waals surface area (Å²) in [6.45, 7) is 9.91. The second kappa shape index (κ2) is 8.26. The van der Waals surface area contributed by atoms with Crippen molar-refractivity contribution < 1.29 is 0 Å². The third kappa shape index (κ3) is 5.43. The summed E-state index contributed by atoms with van der Waals surface area (Å²) in [7, 11) is 0. The van der Waals surface area contributed by atoms with Crippen LogP contribution in [0.1, 0.15) is 65.2 Å². The van der Waals surface area contributed by atoms with Gasteiger partial charge in [0.2, 0.25) is 0 Å². The number of hydrogen-bond acceptors (Lipinski definition) is 2. The summed E-state index contributed by atoms with van der Waals surface area (Å²) in [5.41, 5.74) is 0. The lowest BCUT2D eigenvalue weighted by Crippen LogP contribution is -2.38. The average molecular weight is 266 g/mol. The minimum absolute atomic E-state index is 0.749. The van der Waals surface area contributed by atoms with Crippen molar-refractivity contribution >= 4 is 0 Å². The van der Waals surface area contributed by atoms with Crippen molar-refractivity contribution in [3.63, 3.8) is 0 Å². The van der Waals surface area contributed by atoms with Crippen LogP contribution in [-0.2, 0) is 0 Å². The number of rotatable bonds is 5. The normalized spacial score (nSPS) is 34.1. The molecule has 112 valence electrons. The first kappa shape index (κ1) is 15.3. The molecule has 0 aromatic heterocycles. The molecule has 0 spiro atoms. The van der Waals surface area contributed by atoms with Gasteiger partial charge in [0.05, 0.1) is 0 Å². The Morgan fingerprint density at radius 2 is 1.89 bits per heavy atom. The highest BCUT2D eigenvalue weighted by Crippen LogP contribution is 2.30. The molecule has 0 aromatic carbocycles. The van der Waals surface area contributed by atoms with Gasteiger partial charge in [-0.2, -0.15) is 0 Å². The van der Waals surface area contributed by atoms with E-state index in [2.05, 4.69) is 24.1 Å². The van der Waals surface area contributed by atoms with Crippen molar-refractivity contribution in [1.29, 1.82) is 0 Å². The predicted octanol–water partition coefficient (Wildman–Crippen LogP) is 3.67. The Morgan fingerprint density at radius 3 is 2.63 bits per heavy atom. The van der Waals surface area contributed by atoms with Crippen molar-refractivity contribution in [2.45, 2.75) is 71.3 Å². The van der Waals surface area contributed by atoms with Gasteiger partial charge in [-0.05, 0) is 50.7 Å². The number of nitrogens with one attached hydrogen (secondary N) is 1. The van der Waals surface area contributed by atoms with Gasteiger partial charge < -0.3 is 10.2 Å². The van der Waals surface area contributed by atoms with Gasteiger partial charge in [0.25, 0.3) is 0 Å². The van der Waals surface area contributed by atoms with E-state index in [0.29, 0.717) is 0 Å². The lowest BCUT2D eigenvalue weighted by atomic mass is 9.81. The summed E-state index contributed by atoms with van der Waals surface area (Å²) in [6.07, 6.45) is 11.4. The van der Waals surface area contributed by atoms with Crippen molar-refractivity contribution in [2.24, 2.45) is 11.8 Å². The van der Waals surface area contributed by atoms with Crippen LogP contribution in [-0.4, -0.2) is 37.1 Å². The molecule has 0 aromatic rings. The molecule has 1 heterocycles. The summed E-state index contributed by atoms with van der Waals surface area (Å²) < 4.78 is 0. The van der Waals surface area contributed by atoms with Crippen molar-refractivity contribution in [3.05, 3.63) is 0 Å². The molecule has 1 aliphatic heterocycles. The summed E-state index contributed by atoms with van der Waals surface area (Å²) in [5, 5.41) is 3.71. The predicted molar refractivity (Wildman–Crippen MR) is 83.5 cm³/mol. The van der Waals surface area contributed by atoms with Crippen molar-refractivity contribution in [3.8, 4) is 0 Å². The van der Waals surface area contributed by atoms with E-state index in [1.54, 1.807) is 0 Å². The second-order valence-electron chi connectivity index (χ2n) is 7.01. The lowest BCUT2D eigenvalue weighted by Gasteiger charge is -2.29. The fourth-order valence-corrected chi connectivity index (χ4v) is 3.80. The van der Waals surface area contributed by atoms with Gasteiger partial charge in [-0.15, -0.1) is 0 Å². The largest absolute Gasteiger partial charge is 0.313 e. The molecular formula is C17H34N2. The van der Waals surface area contributed by atoms with Crippen LogP contribution in [0.25, 0.3) is 0 Å². The van der Waals surface area contributed by atoms with Gasteiger partial charge in [-0.25, -0.2) is 0 Å². The Hall–Kier alpha value is -0.0800. The average Bonchev–Trinajstić information content (AvgIpc) is 2.64. The SMILES string of the molecule is CCCC1CN(CCC2CCC(C)CC2)CCCN1. The van der Waals surface area contributed by atoms with Crippen molar-refractivity contribution in [2.75, 3.05) is 26.2 Å². The van der Waals surface area contributed by atoms with E-state index in [-0.39, 0.29) is 0 Å². The summed E-state index contributed by atoms with van der Waals surface area (Å²) >= 11 is 0. The molecule has 0 amide bonds. The van der Waals surface area contributed by atoms with Crippen LogP contribution in [0.2, 0.25) is 0 Å². The maximum atomic E-state index is 3.71. The molecule has 1 N–H and O–H groups in total. The lowest BCUT2D eigenvalue weighted by molar-refractivity contribution is 0.211. The fraction of sp³-hybridized carbons (Fsp3) is 1.00. The zero-order valence-corrected chi connectivity index (χ0v) is 13.2. The highest BCUT2D eigenvalue weighted by atomic mass is 15.2. The van der Waals surface area contributed by atoms with Crippen LogP contribution in [0, 0.1) is 11.8 Å². The molecule has 2 heteroatoms. The maximum absolute atomic E-state index is 3.71. The summed E-state index contributed by atoms with van der Waals surface area (Å²) in [5.74, 6) is 2.02. The van der Waals surface area contributed by atoms with E-state index in [0.717, 1.165) is 17.9 Å². The molecule has 1 saturated heterocycles. The monoisotopic (exact) mass is 266 g/mol. The number of nitrogens with zero attached hydrogens (tertiary/aromatic N) is 1. The van der Waals surface area contributed by atoms with Crippen molar-refractivity contribution in [1.82, 2.24) is 10.2 Å². The Morgan fingerprint density at radius 1 is 1.11 bits per heavy atom. The molecule has 1 atom stereocenters. The van der Waals surface area contributed by atoms with Crippen LogP contribution in [0.4, 0.5) is 0 Å². The minimum atomic E-state index is 0.749. The highest BCUT2D eigenvalue weighted by Gasteiger charge is 2.21. The first-order valence-corrected chi connectivity index (χ1v) is 8.73. The number of hydrogen-bond donors (Lipinski definition) is 1. The highest BCUT2D eigenvalue weighted by molar-refractivity contribution is 4.78. The molecule has 2 nitrogen and oxygen atoms in total. The zero-order valence-electron chi connectivity index (χ0n) is 13.2. The summed E-state index contributed by atoms with van der Waals surface area (Å²) in [6, 6.07) is 0.749. The van der Waals surface area contributed by atoms with Crippen LogP contribution in [0.3, 0.4) is 0 Å². The van der Waals surface area contributed by atoms with Crippen LogP contribution >= 0.6 is 0 Å². The van der Waals surface area contributed by atoms with E-state index in [1.807, 2.05) is 0 Å². The van der Waals surface area contributed by atoms with Gasteiger partial charge in [-0.1, -0.05) is 46.0 Å². The zero-order chi connectivity index (χ0) is 13.5. The first-order valence-electron chi connectivity index (χ1n) is 8.73. The van der Waals surface area contributed by atoms with Crippen LogP contribution in [0.15, 0.2) is 0 Å². The molecule has 1 unspecified atom stereocenters. The maximum Gasteiger partial charge on any atom is 0.0194 e. The van der Waals surface area contributed by atoms with Crippen LogP contribution in [0.5, 0.6) is 0 Å². The van der Waals surface area contributed by atoms with Crippen LogP contribution < -0.4 is 5.32 Å². The Bertz CT molecular complexity index is 233. The van der Waals surface area contributed by atoms with Gasteiger partial charge >= 0.3 is 0 Å². The van der Waals surface area contributed by atoms with Gasteiger partial charge in [0.15, 0.2) is 0 Å². The van der Waals surface area contributed by atoms with E-state index < -0.39 is 0 Å². The topological polar surface area (TPSA) is 15.3 Å². The molecule has 2 fully saturated rings. The fourth-order valence-electron chi connectivity index (χ4n) is 3.80. The summed E-state index contributed by atoms with van der Waals surface area (Å²) in [4.78, 5) is 2.73. The molecule has 0 bridgehead atoms. The molecule has 1 aliphatic carbocycles. The van der Waals surface area contributed by atoms with E-state index in [1.165, 1.54) is 77.5 Å². The Balaban J connectivity index is 1.68. The van der Waals surface area contributed by atoms with Gasteiger partial charge in [-0.3, -0.25) is 0 Å². The third-order valence-corrected chi connectivity index (χ3v) is 5.19. The molecular weight excluding hydrogens is 232 g/mol. The Kier molecular flexibility index (Phi) is 6.66. The van der Waals surface area contributed by atoms with E-state index >= 15 is 0 Å². The standard InChI is InChI=1S/C17H34N2/c1-3-5-17-14-19(12-4-11-18-17)13-10-16-8-6-15(2)7-9-16/h15-18H,3-14H2,1-2H3. The molecule has 2 aliphatic rings. The minimum Gasteiger partial charge on any atom is -0.313 e. The Labute approximate surface area is 120 Å². The van der Waals surface area contributed by atoms with E-state index in [9.17, 15) is 0 Å². The van der Waals surface area contributed by atoms with Gasteiger partial charge in [0.1, 0.15) is 0 Å². The molecule has 1 saturated carbocycles. The third-order valence-electron chi connectivity index (χ3n) is 5.19.